The van der Waals surface area contributed by atoms with Crippen molar-refractivity contribution in [1.82, 2.24) is 8.75 Å². The van der Waals surface area contributed by atoms with Gasteiger partial charge in [-0.3, -0.25) is 0 Å². The number of aliphatic hydroxyl groups is 1. The Hall–Kier alpha value is -1.40. The molecule has 1 aromatic heterocycles. The average molecular weight is 242 g/mol. The Morgan fingerprint density at radius 3 is 2.69 bits per heavy atom. The number of aryl methyl sites for hydroxylation is 1. The summed E-state index contributed by atoms with van der Waals surface area (Å²) in [7, 11) is 0. The van der Waals surface area contributed by atoms with Crippen LogP contribution in [0.3, 0.4) is 0 Å². The second kappa shape index (κ2) is 4.23. The second-order valence-electron chi connectivity index (χ2n) is 3.33. The van der Waals surface area contributed by atoms with Gasteiger partial charge in [0, 0.05) is 5.56 Å². The van der Waals surface area contributed by atoms with Gasteiger partial charge >= 0.3 is 0 Å². The zero-order valence-electron chi connectivity index (χ0n) is 8.32. The van der Waals surface area contributed by atoms with E-state index in [-0.39, 0.29) is 16.8 Å². The summed E-state index contributed by atoms with van der Waals surface area (Å²) < 4.78 is 34.3. The molecule has 0 amide bonds. The summed E-state index contributed by atoms with van der Waals surface area (Å²) in [6.07, 6.45) is 0.0425. The Morgan fingerprint density at radius 2 is 2.06 bits per heavy atom. The summed E-state index contributed by atoms with van der Waals surface area (Å²) in [5.74, 6) is -1.99. The van der Waals surface area contributed by atoms with E-state index < -0.39 is 17.7 Å². The molecule has 1 N–H and O–H groups in total. The molecule has 2 aromatic rings. The lowest BCUT2D eigenvalue weighted by molar-refractivity contribution is 0.209. The zero-order valence-corrected chi connectivity index (χ0v) is 9.13. The van der Waals surface area contributed by atoms with Gasteiger partial charge in [-0.15, -0.1) is 0 Å². The normalized spacial score (nSPS) is 12.8. The Morgan fingerprint density at radius 1 is 1.31 bits per heavy atom. The van der Waals surface area contributed by atoms with E-state index in [1.54, 1.807) is 0 Å². The fourth-order valence-electron chi connectivity index (χ4n) is 1.32. The van der Waals surface area contributed by atoms with Gasteiger partial charge in [0.05, 0.1) is 17.9 Å². The van der Waals surface area contributed by atoms with Gasteiger partial charge in [0.1, 0.15) is 11.8 Å². The molecule has 0 spiro atoms. The van der Waals surface area contributed by atoms with Gasteiger partial charge in [-0.1, -0.05) is 12.1 Å². The lowest BCUT2D eigenvalue weighted by Gasteiger charge is -2.10. The fourth-order valence-corrected chi connectivity index (χ4v) is 1.77. The average Bonchev–Trinajstić information content (AvgIpc) is 2.79. The molecule has 16 heavy (non-hydrogen) atoms. The second-order valence-corrected chi connectivity index (χ2v) is 3.89. The van der Waals surface area contributed by atoms with Crippen LogP contribution >= 0.6 is 11.7 Å². The quantitative estimate of drug-likeness (QED) is 0.878. The summed E-state index contributed by atoms with van der Waals surface area (Å²) in [6.45, 7) is 1.46. The van der Waals surface area contributed by atoms with Gasteiger partial charge in [-0.2, -0.15) is 8.75 Å². The molecule has 0 fully saturated rings. The molecule has 2 rings (SSSR count). The van der Waals surface area contributed by atoms with Crippen LogP contribution in [0.2, 0.25) is 0 Å². The molecule has 0 saturated carbocycles. The summed E-state index contributed by atoms with van der Waals surface area (Å²) >= 11 is 0.900. The van der Waals surface area contributed by atoms with Crippen LogP contribution in [-0.4, -0.2) is 13.9 Å². The Kier molecular flexibility index (Phi) is 2.93. The minimum Gasteiger partial charge on any atom is -0.382 e. The Bertz CT molecular complexity index is 502. The first-order chi connectivity index (χ1) is 7.61. The maximum Gasteiger partial charge on any atom is 0.165 e. The van der Waals surface area contributed by atoms with E-state index >= 15 is 0 Å². The number of nitrogens with zero attached hydrogens (tertiary/aromatic N) is 2. The molecule has 0 radical (unpaired) electrons. The van der Waals surface area contributed by atoms with Gasteiger partial charge < -0.3 is 5.11 Å². The van der Waals surface area contributed by atoms with E-state index in [4.69, 9.17) is 0 Å². The van der Waals surface area contributed by atoms with Crippen molar-refractivity contribution >= 4 is 11.7 Å². The number of aromatic nitrogens is 2. The number of benzene rings is 1. The molecule has 0 bridgehead atoms. The molecule has 6 heteroatoms. The van der Waals surface area contributed by atoms with Crippen LogP contribution in [0.5, 0.6) is 0 Å². The monoisotopic (exact) mass is 242 g/mol. The molecule has 0 aliphatic carbocycles. The van der Waals surface area contributed by atoms with E-state index in [0.717, 1.165) is 11.7 Å². The molecule has 1 atom stereocenters. The van der Waals surface area contributed by atoms with Crippen LogP contribution < -0.4 is 0 Å². The van der Waals surface area contributed by atoms with Crippen molar-refractivity contribution in [2.45, 2.75) is 13.0 Å². The smallest absolute Gasteiger partial charge is 0.165 e. The highest BCUT2D eigenvalue weighted by Gasteiger charge is 2.20. The van der Waals surface area contributed by atoms with E-state index in [1.165, 1.54) is 25.3 Å². The topological polar surface area (TPSA) is 46.0 Å². The van der Waals surface area contributed by atoms with Crippen LogP contribution in [-0.2, 0) is 0 Å². The highest BCUT2D eigenvalue weighted by molar-refractivity contribution is 6.99. The van der Waals surface area contributed by atoms with E-state index in [2.05, 4.69) is 8.75 Å². The molecule has 0 saturated heterocycles. The first kappa shape index (κ1) is 11.1. The lowest BCUT2D eigenvalue weighted by atomic mass is 10.0. The largest absolute Gasteiger partial charge is 0.382 e. The van der Waals surface area contributed by atoms with E-state index in [1.807, 2.05) is 0 Å². The number of halogens is 2. The Labute approximate surface area is 94.7 Å². The third kappa shape index (κ3) is 1.81. The van der Waals surface area contributed by atoms with Gasteiger partial charge in [0.2, 0.25) is 0 Å². The molecule has 0 aliphatic heterocycles. The fraction of sp³-hybridized carbons (Fsp3) is 0.200. The van der Waals surface area contributed by atoms with E-state index in [0.29, 0.717) is 0 Å². The minimum atomic E-state index is -1.28. The number of hydrogen-bond acceptors (Lipinski definition) is 4. The van der Waals surface area contributed by atoms with Crippen LogP contribution in [0.4, 0.5) is 8.78 Å². The van der Waals surface area contributed by atoms with Gasteiger partial charge in [0.15, 0.2) is 11.6 Å². The van der Waals surface area contributed by atoms with Crippen molar-refractivity contribution < 1.29 is 13.9 Å². The molecule has 84 valence electrons. The highest BCUT2D eigenvalue weighted by Crippen LogP contribution is 2.25. The summed E-state index contributed by atoms with van der Waals surface area (Å²) in [5.41, 5.74) is 0.285. The molecule has 0 aliphatic rings. The molecular weight excluding hydrogens is 234 g/mol. The van der Waals surface area contributed by atoms with Crippen molar-refractivity contribution in [3.63, 3.8) is 0 Å². The maximum absolute atomic E-state index is 13.5. The number of rotatable bonds is 2. The zero-order chi connectivity index (χ0) is 11.7. The number of hydrogen-bond donors (Lipinski definition) is 1. The van der Waals surface area contributed by atoms with Gasteiger partial charge in [0.25, 0.3) is 0 Å². The Balaban J connectivity index is 2.45. The third-order valence-electron chi connectivity index (χ3n) is 2.26. The van der Waals surface area contributed by atoms with Crippen molar-refractivity contribution in [1.29, 1.82) is 0 Å². The molecule has 3 nitrogen and oxygen atoms in total. The van der Waals surface area contributed by atoms with Crippen LogP contribution in [0.25, 0.3) is 0 Å². The van der Waals surface area contributed by atoms with Crippen molar-refractivity contribution in [2.24, 2.45) is 0 Å². The predicted octanol–water partition coefficient (Wildman–Crippen LogP) is 2.21. The van der Waals surface area contributed by atoms with Crippen molar-refractivity contribution in [3.05, 3.63) is 46.8 Å². The van der Waals surface area contributed by atoms with Crippen molar-refractivity contribution in [3.8, 4) is 0 Å². The molecular formula is C10H8F2N2OS. The maximum atomic E-state index is 13.5. The van der Waals surface area contributed by atoms with Crippen LogP contribution in [0.1, 0.15) is 22.9 Å². The standard InChI is InChI=1S/C10H8F2N2OS/c1-5-2-3-6(9(12)8(5)11)10(15)7-4-13-16-14-7/h2-4,10,15H,1H3. The molecule has 1 aromatic carbocycles. The summed E-state index contributed by atoms with van der Waals surface area (Å²) in [6, 6.07) is 2.76. The van der Waals surface area contributed by atoms with Crippen molar-refractivity contribution in [2.75, 3.05) is 0 Å². The first-order valence-corrected chi connectivity index (χ1v) is 5.24. The van der Waals surface area contributed by atoms with E-state index in [9.17, 15) is 13.9 Å². The van der Waals surface area contributed by atoms with Gasteiger partial charge in [-0.05, 0) is 12.5 Å². The highest BCUT2D eigenvalue weighted by atomic mass is 32.1. The third-order valence-corrected chi connectivity index (χ3v) is 2.75. The van der Waals surface area contributed by atoms with Crippen LogP contribution in [0.15, 0.2) is 18.3 Å². The predicted molar refractivity (Wildman–Crippen MR) is 55.1 cm³/mol. The SMILES string of the molecule is Cc1ccc(C(O)c2cnsn2)c(F)c1F. The summed E-state index contributed by atoms with van der Waals surface area (Å²) in [4.78, 5) is 0. The first-order valence-electron chi connectivity index (χ1n) is 4.51. The van der Waals surface area contributed by atoms with Crippen LogP contribution in [0, 0.1) is 18.6 Å². The van der Waals surface area contributed by atoms with Gasteiger partial charge in [-0.25, -0.2) is 8.78 Å². The molecule has 1 heterocycles. The summed E-state index contributed by atoms with van der Waals surface area (Å²) in [5, 5.41) is 9.77. The number of aliphatic hydroxyl groups excluding tert-OH is 1. The lowest BCUT2D eigenvalue weighted by Crippen LogP contribution is -2.05. The molecule has 1 unspecified atom stereocenters. The minimum absolute atomic E-state index is 0.129.